The standard InChI is InChI=1S/C15H16BrNO/c16-13-5-3-12-9-14(6-4-11(12)8-13)17-10-15-2-1-7-18-15/h3-6,8-9,15,17H,1-2,7,10H2. The molecular weight excluding hydrogens is 290 g/mol. The molecule has 1 aliphatic rings. The first-order valence-electron chi connectivity index (χ1n) is 6.36. The zero-order valence-electron chi connectivity index (χ0n) is 10.2. The first-order valence-corrected chi connectivity index (χ1v) is 7.15. The highest BCUT2D eigenvalue weighted by Gasteiger charge is 2.14. The number of fused-ring (bicyclic) bond motifs is 1. The summed E-state index contributed by atoms with van der Waals surface area (Å²) in [6, 6.07) is 12.8. The molecule has 1 fully saturated rings. The van der Waals surface area contributed by atoms with Crippen molar-refractivity contribution in [2.24, 2.45) is 0 Å². The molecule has 1 heterocycles. The van der Waals surface area contributed by atoms with E-state index in [1.807, 2.05) is 0 Å². The Balaban J connectivity index is 1.74. The molecule has 1 atom stereocenters. The van der Waals surface area contributed by atoms with Crippen LogP contribution in [0.5, 0.6) is 0 Å². The van der Waals surface area contributed by atoms with Gasteiger partial charge in [-0.1, -0.05) is 28.1 Å². The highest BCUT2D eigenvalue weighted by atomic mass is 79.9. The summed E-state index contributed by atoms with van der Waals surface area (Å²) in [4.78, 5) is 0. The maximum absolute atomic E-state index is 5.61. The van der Waals surface area contributed by atoms with Gasteiger partial charge in [-0.2, -0.15) is 0 Å². The summed E-state index contributed by atoms with van der Waals surface area (Å²) >= 11 is 3.49. The Bertz CT molecular complexity index is 549. The molecule has 0 bridgehead atoms. The first kappa shape index (κ1) is 12.0. The average molecular weight is 306 g/mol. The number of ether oxygens (including phenoxy) is 1. The van der Waals surface area contributed by atoms with E-state index in [2.05, 4.69) is 57.6 Å². The van der Waals surface area contributed by atoms with E-state index in [1.54, 1.807) is 0 Å². The summed E-state index contributed by atoms with van der Waals surface area (Å²) in [7, 11) is 0. The second kappa shape index (κ2) is 5.29. The number of rotatable bonds is 3. The second-order valence-corrected chi connectivity index (χ2v) is 5.64. The molecule has 1 saturated heterocycles. The van der Waals surface area contributed by atoms with E-state index in [-0.39, 0.29) is 0 Å². The van der Waals surface area contributed by atoms with Gasteiger partial charge in [-0.05, 0) is 47.9 Å². The van der Waals surface area contributed by atoms with Crippen LogP contribution in [0.1, 0.15) is 12.8 Å². The molecule has 0 saturated carbocycles. The lowest BCUT2D eigenvalue weighted by atomic mass is 10.1. The zero-order valence-corrected chi connectivity index (χ0v) is 11.7. The van der Waals surface area contributed by atoms with E-state index in [9.17, 15) is 0 Å². The molecule has 1 N–H and O–H groups in total. The quantitative estimate of drug-likeness (QED) is 0.918. The minimum atomic E-state index is 0.380. The predicted octanol–water partition coefficient (Wildman–Crippen LogP) is 4.19. The van der Waals surface area contributed by atoms with Crippen LogP contribution in [0, 0.1) is 0 Å². The van der Waals surface area contributed by atoms with E-state index in [1.165, 1.54) is 29.3 Å². The second-order valence-electron chi connectivity index (χ2n) is 4.72. The van der Waals surface area contributed by atoms with Crippen LogP contribution in [0.15, 0.2) is 40.9 Å². The molecule has 94 valence electrons. The highest BCUT2D eigenvalue weighted by Crippen LogP contribution is 2.23. The van der Waals surface area contributed by atoms with Gasteiger partial charge in [0.25, 0.3) is 0 Å². The SMILES string of the molecule is Brc1ccc2cc(NCC3CCCO3)ccc2c1. The van der Waals surface area contributed by atoms with E-state index in [4.69, 9.17) is 4.74 Å². The van der Waals surface area contributed by atoms with Gasteiger partial charge in [0, 0.05) is 23.3 Å². The lowest BCUT2D eigenvalue weighted by Crippen LogP contribution is -2.18. The van der Waals surface area contributed by atoms with Crippen LogP contribution >= 0.6 is 15.9 Å². The lowest BCUT2D eigenvalue weighted by Gasteiger charge is -2.12. The van der Waals surface area contributed by atoms with Crippen LogP contribution in [-0.2, 0) is 4.74 Å². The smallest absolute Gasteiger partial charge is 0.0748 e. The predicted molar refractivity (Wildman–Crippen MR) is 79.1 cm³/mol. The number of hydrogen-bond acceptors (Lipinski definition) is 2. The third kappa shape index (κ3) is 2.68. The molecule has 0 aromatic heterocycles. The van der Waals surface area contributed by atoms with E-state index in [0.717, 1.165) is 17.6 Å². The molecule has 2 nitrogen and oxygen atoms in total. The van der Waals surface area contributed by atoms with Gasteiger partial charge in [0.05, 0.1) is 6.10 Å². The zero-order chi connectivity index (χ0) is 12.4. The van der Waals surface area contributed by atoms with Crippen LogP contribution in [0.3, 0.4) is 0 Å². The molecule has 2 aromatic rings. The number of anilines is 1. The molecule has 18 heavy (non-hydrogen) atoms. The fourth-order valence-corrected chi connectivity index (χ4v) is 2.74. The average Bonchev–Trinajstić information content (AvgIpc) is 2.89. The Morgan fingerprint density at radius 3 is 2.83 bits per heavy atom. The Morgan fingerprint density at radius 1 is 1.17 bits per heavy atom. The molecule has 0 amide bonds. The Kier molecular flexibility index (Phi) is 3.52. The molecule has 2 aromatic carbocycles. The summed E-state index contributed by atoms with van der Waals surface area (Å²) in [5, 5.41) is 5.97. The van der Waals surface area contributed by atoms with Gasteiger partial charge in [0.2, 0.25) is 0 Å². The van der Waals surface area contributed by atoms with Crippen molar-refractivity contribution in [2.45, 2.75) is 18.9 Å². The molecule has 3 rings (SSSR count). The van der Waals surface area contributed by atoms with Crippen molar-refractivity contribution >= 4 is 32.4 Å². The number of hydrogen-bond donors (Lipinski definition) is 1. The van der Waals surface area contributed by atoms with Gasteiger partial charge >= 0.3 is 0 Å². The molecule has 0 radical (unpaired) electrons. The van der Waals surface area contributed by atoms with Gasteiger partial charge in [0.15, 0.2) is 0 Å². The molecule has 0 spiro atoms. The van der Waals surface area contributed by atoms with E-state index < -0.39 is 0 Å². The normalized spacial score (nSPS) is 19.3. The van der Waals surface area contributed by atoms with Crippen LogP contribution in [-0.4, -0.2) is 19.3 Å². The van der Waals surface area contributed by atoms with Gasteiger partial charge in [-0.15, -0.1) is 0 Å². The lowest BCUT2D eigenvalue weighted by molar-refractivity contribution is 0.120. The van der Waals surface area contributed by atoms with Crippen molar-refractivity contribution in [3.8, 4) is 0 Å². The van der Waals surface area contributed by atoms with Gasteiger partial charge < -0.3 is 10.1 Å². The molecule has 0 aliphatic carbocycles. The summed E-state index contributed by atoms with van der Waals surface area (Å²) < 4.78 is 6.73. The van der Waals surface area contributed by atoms with E-state index >= 15 is 0 Å². The highest BCUT2D eigenvalue weighted by molar-refractivity contribution is 9.10. The third-order valence-electron chi connectivity index (χ3n) is 3.36. The number of nitrogens with one attached hydrogen (secondary N) is 1. The maximum atomic E-state index is 5.61. The van der Waals surface area contributed by atoms with Crippen molar-refractivity contribution in [1.29, 1.82) is 0 Å². The largest absolute Gasteiger partial charge is 0.382 e. The minimum Gasteiger partial charge on any atom is -0.382 e. The van der Waals surface area contributed by atoms with Crippen molar-refractivity contribution in [3.05, 3.63) is 40.9 Å². The van der Waals surface area contributed by atoms with Gasteiger partial charge in [-0.25, -0.2) is 0 Å². The van der Waals surface area contributed by atoms with Crippen LogP contribution in [0.2, 0.25) is 0 Å². The Labute approximate surface area is 115 Å². The monoisotopic (exact) mass is 305 g/mol. The van der Waals surface area contributed by atoms with Crippen LogP contribution in [0.4, 0.5) is 5.69 Å². The molecule has 3 heteroatoms. The molecule has 1 unspecified atom stereocenters. The Morgan fingerprint density at radius 2 is 2.00 bits per heavy atom. The Hall–Kier alpha value is -1.06. The first-order chi connectivity index (χ1) is 8.81. The molecule has 1 aliphatic heterocycles. The topological polar surface area (TPSA) is 21.3 Å². The summed E-state index contributed by atoms with van der Waals surface area (Å²) in [6.07, 6.45) is 2.75. The van der Waals surface area contributed by atoms with Crippen molar-refractivity contribution < 1.29 is 4.74 Å². The van der Waals surface area contributed by atoms with Crippen LogP contribution in [0.25, 0.3) is 10.8 Å². The van der Waals surface area contributed by atoms with Crippen molar-refractivity contribution in [1.82, 2.24) is 0 Å². The summed E-state index contributed by atoms with van der Waals surface area (Å²) in [6.45, 7) is 1.82. The fourth-order valence-electron chi connectivity index (χ4n) is 2.36. The summed E-state index contributed by atoms with van der Waals surface area (Å²) in [5.74, 6) is 0. The fraction of sp³-hybridized carbons (Fsp3) is 0.333. The minimum absolute atomic E-state index is 0.380. The van der Waals surface area contributed by atoms with E-state index in [0.29, 0.717) is 6.10 Å². The van der Waals surface area contributed by atoms with Crippen molar-refractivity contribution in [3.63, 3.8) is 0 Å². The van der Waals surface area contributed by atoms with Crippen molar-refractivity contribution in [2.75, 3.05) is 18.5 Å². The third-order valence-corrected chi connectivity index (χ3v) is 3.85. The maximum Gasteiger partial charge on any atom is 0.0748 e. The molecular formula is C15H16BrNO. The van der Waals surface area contributed by atoms with Gasteiger partial charge in [0.1, 0.15) is 0 Å². The van der Waals surface area contributed by atoms with Gasteiger partial charge in [-0.3, -0.25) is 0 Å². The van der Waals surface area contributed by atoms with Crippen LogP contribution < -0.4 is 5.32 Å². The number of benzene rings is 2. The summed E-state index contributed by atoms with van der Waals surface area (Å²) in [5.41, 5.74) is 1.17. The number of halogens is 1.